The summed E-state index contributed by atoms with van der Waals surface area (Å²) in [6.45, 7) is 2.18. The van der Waals surface area contributed by atoms with E-state index < -0.39 is 0 Å². The lowest BCUT2D eigenvalue weighted by atomic mass is 10.2. The molecule has 0 atom stereocenters. The standard InChI is InChI=1S/C18H17Cl2N5O2S/c1-11-5-6-12(19)14(8-11)27-9-15-23-24-18(25(15)2)28-10-16(26)22-13-4-3-7-21-17(13)20/h3-8H,9-10H2,1-2H3,(H,22,26). The molecule has 2 heterocycles. The predicted molar refractivity (Wildman–Crippen MR) is 110 cm³/mol. The number of thioether (sulfide) groups is 1. The number of rotatable bonds is 7. The van der Waals surface area contributed by atoms with Crippen molar-refractivity contribution >= 4 is 46.6 Å². The van der Waals surface area contributed by atoms with Gasteiger partial charge in [0, 0.05) is 13.2 Å². The summed E-state index contributed by atoms with van der Waals surface area (Å²) in [4.78, 5) is 16.0. The molecule has 2 aromatic heterocycles. The molecule has 1 amide bonds. The Morgan fingerprint density at radius 1 is 1.29 bits per heavy atom. The highest BCUT2D eigenvalue weighted by molar-refractivity contribution is 7.99. The van der Waals surface area contributed by atoms with Crippen LogP contribution in [0.3, 0.4) is 0 Å². The zero-order chi connectivity index (χ0) is 20.1. The van der Waals surface area contributed by atoms with E-state index in [2.05, 4.69) is 20.5 Å². The molecule has 0 aliphatic heterocycles. The Balaban J connectivity index is 1.56. The number of hydrogen-bond acceptors (Lipinski definition) is 6. The summed E-state index contributed by atoms with van der Waals surface area (Å²) in [5.74, 6) is 1.15. The van der Waals surface area contributed by atoms with Gasteiger partial charge in [-0.15, -0.1) is 10.2 Å². The number of halogens is 2. The maximum Gasteiger partial charge on any atom is 0.234 e. The largest absolute Gasteiger partial charge is 0.484 e. The topological polar surface area (TPSA) is 81.9 Å². The molecular weight excluding hydrogens is 421 g/mol. The third kappa shape index (κ3) is 5.15. The highest BCUT2D eigenvalue weighted by atomic mass is 35.5. The first-order chi connectivity index (χ1) is 13.4. The highest BCUT2D eigenvalue weighted by Gasteiger charge is 2.13. The number of anilines is 1. The number of aryl methyl sites for hydroxylation is 1. The van der Waals surface area contributed by atoms with Crippen molar-refractivity contribution in [1.29, 1.82) is 0 Å². The Bertz CT molecular complexity index is 996. The van der Waals surface area contributed by atoms with Crippen LogP contribution in [0, 0.1) is 6.92 Å². The number of ether oxygens (including phenoxy) is 1. The summed E-state index contributed by atoms with van der Waals surface area (Å²) in [5.41, 5.74) is 1.52. The fraction of sp³-hybridized carbons (Fsp3) is 0.222. The van der Waals surface area contributed by atoms with E-state index in [9.17, 15) is 4.79 Å². The van der Waals surface area contributed by atoms with Gasteiger partial charge >= 0.3 is 0 Å². The summed E-state index contributed by atoms with van der Waals surface area (Å²) in [7, 11) is 1.81. The van der Waals surface area contributed by atoms with Crippen LogP contribution in [0.2, 0.25) is 10.2 Å². The minimum Gasteiger partial charge on any atom is -0.484 e. The zero-order valence-electron chi connectivity index (χ0n) is 15.1. The minimum atomic E-state index is -0.216. The quantitative estimate of drug-likeness (QED) is 0.441. The Labute approximate surface area is 176 Å². The van der Waals surface area contributed by atoms with E-state index in [0.29, 0.717) is 27.4 Å². The normalized spacial score (nSPS) is 10.7. The second-order valence-electron chi connectivity index (χ2n) is 5.86. The number of carbonyl (C=O) groups excluding carboxylic acids is 1. The van der Waals surface area contributed by atoms with Crippen LogP contribution in [0.5, 0.6) is 5.75 Å². The molecule has 3 rings (SSSR count). The third-order valence-corrected chi connectivity index (χ3v) is 5.37. The van der Waals surface area contributed by atoms with Crippen LogP contribution in [-0.4, -0.2) is 31.4 Å². The molecule has 1 aromatic carbocycles. The van der Waals surface area contributed by atoms with Gasteiger partial charge in [0.2, 0.25) is 5.91 Å². The number of hydrogen-bond donors (Lipinski definition) is 1. The lowest BCUT2D eigenvalue weighted by molar-refractivity contribution is -0.113. The molecule has 28 heavy (non-hydrogen) atoms. The molecule has 0 saturated carbocycles. The third-order valence-electron chi connectivity index (χ3n) is 3.73. The first-order valence-electron chi connectivity index (χ1n) is 8.24. The summed E-state index contributed by atoms with van der Waals surface area (Å²) in [6.07, 6.45) is 1.56. The Morgan fingerprint density at radius 3 is 2.89 bits per heavy atom. The van der Waals surface area contributed by atoms with Gasteiger partial charge in [-0.2, -0.15) is 0 Å². The van der Waals surface area contributed by atoms with E-state index in [1.165, 1.54) is 11.8 Å². The molecule has 0 saturated heterocycles. The van der Waals surface area contributed by atoms with Gasteiger partial charge in [0.25, 0.3) is 0 Å². The summed E-state index contributed by atoms with van der Waals surface area (Å²) >= 11 is 13.3. The maximum absolute atomic E-state index is 12.1. The Morgan fingerprint density at radius 2 is 2.11 bits per heavy atom. The van der Waals surface area contributed by atoms with E-state index >= 15 is 0 Å². The molecule has 0 radical (unpaired) electrons. The number of aromatic nitrogens is 4. The fourth-order valence-corrected chi connectivity index (χ4v) is 3.32. The van der Waals surface area contributed by atoms with E-state index in [-0.39, 0.29) is 23.4 Å². The van der Waals surface area contributed by atoms with Gasteiger partial charge in [-0.1, -0.05) is 41.0 Å². The highest BCUT2D eigenvalue weighted by Crippen LogP contribution is 2.26. The van der Waals surface area contributed by atoms with Crippen molar-refractivity contribution < 1.29 is 9.53 Å². The van der Waals surface area contributed by atoms with Crippen molar-refractivity contribution in [1.82, 2.24) is 19.7 Å². The number of nitrogens with one attached hydrogen (secondary N) is 1. The lowest BCUT2D eigenvalue weighted by Gasteiger charge is -2.09. The van der Waals surface area contributed by atoms with Crippen LogP contribution >= 0.6 is 35.0 Å². The van der Waals surface area contributed by atoms with E-state index in [1.807, 2.05) is 26.1 Å². The Hall–Kier alpha value is -2.29. The second kappa shape index (κ2) is 9.27. The zero-order valence-corrected chi connectivity index (χ0v) is 17.5. The van der Waals surface area contributed by atoms with Gasteiger partial charge < -0.3 is 14.6 Å². The molecule has 0 bridgehead atoms. The first-order valence-corrected chi connectivity index (χ1v) is 9.98. The number of amides is 1. The fourth-order valence-electron chi connectivity index (χ4n) is 2.26. The van der Waals surface area contributed by atoms with Gasteiger partial charge in [0.15, 0.2) is 16.1 Å². The molecule has 0 fully saturated rings. The van der Waals surface area contributed by atoms with Crippen molar-refractivity contribution in [3.05, 3.63) is 58.1 Å². The molecule has 3 aromatic rings. The van der Waals surface area contributed by atoms with Crippen LogP contribution in [0.1, 0.15) is 11.4 Å². The number of pyridine rings is 1. The smallest absolute Gasteiger partial charge is 0.234 e. The van der Waals surface area contributed by atoms with Crippen molar-refractivity contribution in [2.75, 3.05) is 11.1 Å². The van der Waals surface area contributed by atoms with Crippen molar-refractivity contribution in [3.8, 4) is 5.75 Å². The summed E-state index contributed by atoms with van der Waals surface area (Å²) in [5, 5.41) is 12.3. The van der Waals surface area contributed by atoms with Gasteiger partial charge in [-0.3, -0.25) is 4.79 Å². The molecule has 0 aliphatic rings. The molecule has 0 unspecified atom stereocenters. The number of benzene rings is 1. The maximum atomic E-state index is 12.1. The Kier molecular flexibility index (Phi) is 6.77. The SMILES string of the molecule is Cc1ccc(Cl)c(OCc2nnc(SCC(=O)Nc3cccnc3Cl)n2C)c1. The summed E-state index contributed by atoms with van der Waals surface area (Å²) in [6, 6.07) is 8.95. The molecule has 146 valence electrons. The van der Waals surface area contributed by atoms with Crippen LogP contribution in [0.15, 0.2) is 41.7 Å². The van der Waals surface area contributed by atoms with Gasteiger partial charge in [0.1, 0.15) is 12.4 Å². The van der Waals surface area contributed by atoms with Gasteiger partial charge in [0.05, 0.1) is 16.5 Å². The van der Waals surface area contributed by atoms with E-state index in [4.69, 9.17) is 27.9 Å². The second-order valence-corrected chi connectivity index (χ2v) is 7.57. The molecule has 0 aliphatic carbocycles. The van der Waals surface area contributed by atoms with Crippen molar-refractivity contribution in [2.24, 2.45) is 7.05 Å². The van der Waals surface area contributed by atoms with Crippen molar-refractivity contribution in [3.63, 3.8) is 0 Å². The molecular formula is C18H17Cl2N5O2S. The minimum absolute atomic E-state index is 0.155. The van der Waals surface area contributed by atoms with E-state index in [1.54, 1.807) is 29.0 Å². The first kappa shape index (κ1) is 20.4. The predicted octanol–water partition coefficient (Wildman–Crippen LogP) is 4.14. The van der Waals surface area contributed by atoms with Crippen LogP contribution in [-0.2, 0) is 18.4 Å². The molecule has 1 N–H and O–H groups in total. The summed E-state index contributed by atoms with van der Waals surface area (Å²) < 4.78 is 7.53. The van der Waals surface area contributed by atoms with Crippen LogP contribution in [0.25, 0.3) is 0 Å². The monoisotopic (exact) mass is 437 g/mol. The van der Waals surface area contributed by atoms with E-state index in [0.717, 1.165) is 5.56 Å². The number of nitrogens with zero attached hydrogens (tertiary/aromatic N) is 4. The lowest BCUT2D eigenvalue weighted by Crippen LogP contribution is -2.15. The van der Waals surface area contributed by atoms with Crippen molar-refractivity contribution in [2.45, 2.75) is 18.7 Å². The van der Waals surface area contributed by atoms with Gasteiger partial charge in [-0.25, -0.2) is 4.98 Å². The molecule has 7 nitrogen and oxygen atoms in total. The average Bonchev–Trinajstić information content (AvgIpc) is 3.02. The molecule has 0 spiro atoms. The van der Waals surface area contributed by atoms with Crippen LogP contribution < -0.4 is 10.1 Å². The average molecular weight is 438 g/mol. The molecule has 10 heteroatoms. The van der Waals surface area contributed by atoms with Gasteiger partial charge in [-0.05, 0) is 36.8 Å². The number of carbonyl (C=O) groups is 1. The van der Waals surface area contributed by atoms with Crippen LogP contribution in [0.4, 0.5) is 5.69 Å².